The van der Waals surface area contributed by atoms with E-state index in [0.29, 0.717) is 0 Å². The van der Waals surface area contributed by atoms with Gasteiger partial charge in [-0.05, 0) is 26.0 Å². The molecule has 1 aromatic carbocycles. The molecule has 0 atom stereocenters. The molecule has 0 saturated heterocycles. The first-order valence-corrected chi connectivity index (χ1v) is 9.50. The molecule has 2 N–H and O–H groups in total. The van der Waals surface area contributed by atoms with Crippen molar-refractivity contribution in [3.05, 3.63) is 40.4 Å². The molecule has 2 aromatic rings. The van der Waals surface area contributed by atoms with Crippen molar-refractivity contribution >= 4 is 21.3 Å². The Bertz CT molecular complexity index is 988. The van der Waals surface area contributed by atoms with Crippen LogP contribution < -0.4 is 4.74 Å². The van der Waals surface area contributed by atoms with Crippen molar-refractivity contribution < 1.29 is 33.1 Å². The molecule has 0 radical (unpaired) electrons. The molecule has 0 aliphatic carbocycles. The lowest BCUT2D eigenvalue weighted by molar-refractivity contribution is -0.386. The number of hydrogen-bond donors (Lipinski definition) is 2. The lowest BCUT2D eigenvalue weighted by atomic mass is 10.0. The largest absolute Gasteiger partial charge is 0.494 e. The van der Waals surface area contributed by atoms with Gasteiger partial charge in [-0.3, -0.25) is 19.5 Å². The predicted molar refractivity (Wildman–Crippen MR) is 93.7 cm³/mol. The van der Waals surface area contributed by atoms with E-state index in [1.54, 1.807) is 0 Å². The van der Waals surface area contributed by atoms with Crippen molar-refractivity contribution in [3.8, 4) is 17.5 Å². The number of hydrogen-bond acceptors (Lipinski definition) is 8. The van der Waals surface area contributed by atoms with E-state index in [0.717, 1.165) is 29.0 Å². The van der Waals surface area contributed by atoms with Gasteiger partial charge in [-0.25, -0.2) is 8.42 Å². The zero-order chi connectivity index (χ0) is 20.6. The van der Waals surface area contributed by atoms with Gasteiger partial charge >= 0.3 is 5.69 Å². The number of aromatic hydroxyl groups is 2. The molecule has 27 heavy (non-hydrogen) atoms. The number of Topliss-reactive ketones (excluding diaryl/α,β-unsaturated/α-hetero) is 1. The summed E-state index contributed by atoms with van der Waals surface area (Å²) in [6, 6.07) is 5.50. The fraction of sp³-hybridized carbons (Fsp3) is 0.312. The number of nitrogens with zero attached hydrogens (tertiary/aromatic N) is 2. The summed E-state index contributed by atoms with van der Waals surface area (Å²) in [6.07, 6.45) is 0.913. The second-order valence-electron chi connectivity index (χ2n) is 6.33. The van der Waals surface area contributed by atoms with Crippen molar-refractivity contribution in [2.75, 3.05) is 6.26 Å². The highest BCUT2D eigenvalue weighted by molar-refractivity contribution is 7.90. The third-order valence-corrected chi connectivity index (χ3v) is 4.94. The van der Waals surface area contributed by atoms with E-state index >= 15 is 0 Å². The van der Waals surface area contributed by atoms with Gasteiger partial charge < -0.3 is 14.9 Å². The van der Waals surface area contributed by atoms with Crippen LogP contribution in [0.4, 0.5) is 5.69 Å². The molecule has 0 amide bonds. The predicted octanol–water partition coefficient (Wildman–Crippen LogP) is 1.64. The minimum atomic E-state index is -3.67. The number of carbonyl (C=O) groups is 1. The first kappa shape index (κ1) is 20.2. The maximum absolute atomic E-state index is 12.5. The zero-order valence-electron chi connectivity index (χ0n) is 14.7. The number of nitro groups is 1. The number of ketones is 1. The molecule has 0 spiro atoms. The van der Waals surface area contributed by atoms with Crippen LogP contribution in [0, 0.1) is 10.1 Å². The Morgan fingerprint density at radius 2 is 1.78 bits per heavy atom. The number of nitro benzene ring substituents is 1. The van der Waals surface area contributed by atoms with Gasteiger partial charge in [0.25, 0.3) is 0 Å². The first-order valence-electron chi connectivity index (χ1n) is 7.61. The summed E-state index contributed by atoms with van der Waals surface area (Å²) in [7, 11) is -3.67. The topological polar surface area (TPSA) is 149 Å². The van der Waals surface area contributed by atoms with Crippen molar-refractivity contribution in [2.45, 2.75) is 30.9 Å². The average molecular weight is 398 g/mol. The van der Waals surface area contributed by atoms with Crippen molar-refractivity contribution in [3.63, 3.8) is 0 Å². The molecule has 2 rings (SSSR count). The highest BCUT2D eigenvalue weighted by Crippen LogP contribution is 2.33. The van der Waals surface area contributed by atoms with E-state index in [4.69, 9.17) is 4.74 Å². The molecule has 1 aromatic heterocycles. The zero-order valence-corrected chi connectivity index (χ0v) is 15.6. The van der Waals surface area contributed by atoms with Gasteiger partial charge in [0, 0.05) is 24.5 Å². The van der Waals surface area contributed by atoms with Gasteiger partial charge in [0.15, 0.2) is 38.7 Å². The van der Waals surface area contributed by atoms with E-state index in [1.165, 1.54) is 26.0 Å². The van der Waals surface area contributed by atoms with Gasteiger partial charge in [-0.2, -0.15) is 0 Å². The summed E-state index contributed by atoms with van der Waals surface area (Å²) in [5.41, 5.74) is -2.17. The number of aromatic nitrogens is 1. The fourth-order valence-electron chi connectivity index (χ4n) is 2.23. The molecule has 0 saturated carbocycles. The normalized spacial score (nSPS) is 12.0. The number of sulfone groups is 1. The number of rotatable bonds is 7. The summed E-state index contributed by atoms with van der Waals surface area (Å²) >= 11 is 0. The first-order chi connectivity index (χ1) is 12.3. The van der Waals surface area contributed by atoms with Gasteiger partial charge in [0.2, 0.25) is 0 Å². The molecule has 0 bridgehead atoms. The standard InChI is InChI=1S/C16H18N2O8S/c1-16(2,13(19)9-17-14(20)6-7-15(17)21)26-12-5-4-10(27(3,24)25)8-11(12)18(22)23/h4-8,20-21H,9H2,1-3H3. The number of carbonyl (C=O) groups excluding carboxylic acids is 1. The summed E-state index contributed by atoms with van der Waals surface area (Å²) in [5.74, 6) is -1.54. The molecule has 0 aliphatic heterocycles. The average Bonchev–Trinajstić information content (AvgIpc) is 2.85. The monoisotopic (exact) mass is 398 g/mol. The van der Waals surface area contributed by atoms with Crippen molar-refractivity contribution in [1.29, 1.82) is 0 Å². The molecule has 0 fully saturated rings. The summed E-state index contributed by atoms with van der Waals surface area (Å²) in [5, 5.41) is 30.5. The van der Waals surface area contributed by atoms with Gasteiger partial charge in [0.05, 0.1) is 16.4 Å². The third-order valence-electron chi connectivity index (χ3n) is 3.83. The molecule has 10 nitrogen and oxygen atoms in total. The highest BCUT2D eigenvalue weighted by atomic mass is 32.2. The van der Waals surface area contributed by atoms with Crippen LogP contribution in [-0.4, -0.2) is 45.8 Å². The Balaban J connectivity index is 2.33. The van der Waals surface area contributed by atoms with E-state index in [1.807, 2.05) is 0 Å². The van der Waals surface area contributed by atoms with Gasteiger partial charge in [-0.15, -0.1) is 0 Å². The van der Waals surface area contributed by atoms with Gasteiger partial charge in [-0.1, -0.05) is 0 Å². The maximum Gasteiger partial charge on any atom is 0.312 e. The van der Waals surface area contributed by atoms with Crippen LogP contribution in [-0.2, 0) is 21.2 Å². The highest BCUT2D eigenvalue weighted by Gasteiger charge is 2.33. The lowest BCUT2D eigenvalue weighted by Gasteiger charge is -2.25. The quantitative estimate of drug-likeness (QED) is 0.528. The Morgan fingerprint density at radius 1 is 1.22 bits per heavy atom. The van der Waals surface area contributed by atoms with Crippen LogP contribution >= 0.6 is 0 Å². The van der Waals surface area contributed by atoms with Crippen molar-refractivity contribution in [2.24, 2.45) is 0 Å². The SMILES string of the molecule is CC(C)(Oc1ccc(S(C)(=O)=O)cc1[N+](=O)[O-])C(=O)Cn1c(O)ccc1O. The van der Waals surface area contributed by atoms with E-state index in [2.05, 4.69) is 0 Å². The minimum Gasteiger partial charge on any atom is -0.494 e. The van der Waals surface area contributed by atoms with E-state index in [9.17, 15) is 33.5 Å². The molecule has 0 unspecified atom stereocenters. The summed E-state index contributed by atoms with van der Waals surface area (Å²) in [6.45, 7) is 2.29. The maximum atomic E-state index is 12.5. The molecule has 11 heteroatoms. The second-order valence-corrected chi connectivity index (χ2v) is 8.35. The third kappa shape index (κ3) is 4.37. The number of benzene rings is 1. The smallest absolute Gasteiger partial charge is 0.312 e. The lowest BCUT2D eigenvalue weighted by Crippen LogP contribution is -2.40. The summed E-state index contributed by atoms with van der Waals surface area (Å²) in [4.78, 5) is 22.7. The molecule has 1 heterocycles. The Kier molecular flexibility index (Phi) is 5.18. The van der Waals surface area contributed by atoms with E-state index < -0.39 is 38.4 Å². The fourth-order valence-corrected chi connectivity index (χ4v) is 2.87. The molecular formula is C16H18N2O8S. The summed E-state index contributed by atoms with van der Waals surface area (Å²) < 4.78 is 29.6. The number of ether oxygens (including phenoxy) is 1. The van der Waals surface area contributed by atoms with Crippen LogP contribution in [0.15, 0.2) is 35.2 Å². The Hall–Kier alpha value is -3.08. The minimum absolute atomic E-state index is 0.257. The Morgan fingerprint density at radius 3 is 2.26 bits per heavy atom. The van der Waals surface area contributed by atoms with Crippen LogP contribution in [0.1, 0.15) is 13.8 Å². The van der Waals surface area contributed by atoms with Crippen LogP contribution in [0.5, 0.6) is 17.5 Å². The van der Waals surface area contributed by atoms with Crippen LogP contribution in [0.2, 0.25) is 0 Å². The van der Waals surface area contributed by atoms with E-state index in [-0.39, 0.29) is 22.4 Å². The van der Waals surface area contributed by atoms with Crippen LogP contribution in [0.3, 0.4) is 0 Å². The van der Waals surface area contributed by atoms with Gasteiger partial charge in [0.1, 0.15) is 0 Å². The Labute approximate surface area is 154 Å². The van der Waals surface area contributed by atoms with Crippen molar-refractivity contribution in [1.82, 2.24) is 4.57 Å². The molecule has 146 valence electrons. The molecule has 0 aliphatic rings. The second kappa shape index (κ2) is 6.91. The van der Waals surface area contributed by atoms with Crippen LogP contribution in [0.25, 0.3) is 0 Å². The molecular weight excluding hydrogens is 380 g/mol.